The largest absolute Gasteiger partial charge is 0.458 e. The molecule has 2 rings (SSSR count). The van der Waals surface area contributed by atoms with Gasteiger partial charge in [-0.05, 0) is 37.4 Å². The first kappa shape index (κ1) is 13.6. The van der Waals surface area contributed by atoms with Gasteiger partial charge in [0.25, 0.3) is 0 Å². The number of esters is 1. The molecule has 0 aliphatic heterocycles. The van der Waals surface area contributed by atoms with E-state index >= 15 is 0 Å². The Morgan fingerprint density at radius 1 is 1.42 bits per heavy atom. The molecule has 0 saturated carbocycles. The number of hydrogen-bond donors (Lipinski definition) is 0. The van der Waals surface area contributed by atoms with Gasteiger partial charge in [0.1, 0.15) is 6.10 Å². The molecule has 0 unspecified atom stereocenters. The van der Waals surface area contributed by atoms with E-state index in [9.17, 15) is 4.79 Å². The molecule has 1 aromatic carbocycles. The number of hydrogen-bond acceptors (Lipinski definition) is 5. The van der Waals surface area contributed by atoms with Gasteiger partial charge >= 0.3 is 5.97 Å². The third kappa shape index (κ3) is 3.57. The molecule has 0 N–H and O–H groups in total. The molecular formula is C13H15N3O2S. The summed E-state index contributed by atoms with van der Waals surface area (Å²) < 4.78 is 6.94. The highest BCUT2D eigenvalue weighted by Gasteiger charge is 2.11. The Hall–Kier alpha value is -1.82. The minimum absolute atomic E-state index is 0.0857. The van der Waals surface area contributed by atoms with Gasteiger partial charge in [-0.2, -0.15) is 11.8 Å². The second kappa shape index (κ2) is 6.38. The van der Waals surface area contributed by atoms with E-state index in [0.717, 1.165) is 11.4 Å². The van der Waals surface area contributed by atoms with Crippen molar-refractivity contribution in [3.8, 4) is 5.69 Å². The zero-order valence-electron chi connectivity index (χ0n) is 10.8. The van der Waals surface area contributed by atoms with Crippen molar-refractivity contribution < 1.29 is 9.53 Å². The Kier molecular flexibility index (Phi) is 4.57. The third-order valence-corrected chi connectivity index (χ3v) is 3.30. The van der Waals surface area contributed by atoms with Crippen LogP contribution in [-0.2, 0) is 4.74 Å². The molecule has 1 aromatic heterocycles. The number of thioether (sulfide) groups is 1. The zero-order valence-corrected chi connectivity index (χ0v) is 11.6. The molecule has 2 aromatic rings. The highest BCUT2D eigenvalue weighted by atomic mass is 32.2. The Balaban J connectivity index is 2.04. The van der Waals surface area contributed by atoms with E-state index < -0.39 is 0 Å². The van der Waals surface area contributed by atoms with Gasteiger partial charge in [-0.25, -0.2) is 9.48 Å². The van der Waals surface area contributed by atoms with Crippen LogP contribution in [0, 0.1) is 0 Å². The van der Waals surface area contributed by atoms with E-state index in [2.05, 4.69) is 10.3 Å². The number of rotatable bonds is 5. The van der Waals surface area contributed by atoms with Gasteiger partial charge in [0, 0.05) is 5.75 Å². The average molecular weight is 277 g/mol. The average Bonchev–Trinajstić information content (AvgIpc) is 2.93. The first-order valence-electron chi connectivity index (χ1n) is 5.87. The molecule has 0 fully saturated rings. The Bertz CT molecular complexity index is 525. The number of benzene rings is 1. The number of carbonyl (C=O) groups is 1. The SMILES string of the molecule is CSC[C@@H](C)OC(=O)c1ccc(-n2ccnn2)cc1. The molecule has 1 heterocycles. The molecule has 1 atom stereocenters. The zero-order chi connectivity index (χ0) is 13.7. The molecule has 0 amide bonds. The summed E-state index contributed by atoms with van der Waals surface area (Å²) in [5, 5.41) is 7.62. The molecule has 0 saturated heterocycles. The predicted molar refractivity (Wildman–Crippen MR) is 74.6 cm³/mol. The molecule has 19 heavy (non-hydrogen) atoms. The summed E-state index contributed by atoms with van der Waals surface area (Å²) in [5.41, 5.74) is 1.39. The molecule has 0 aliphatic rings. The molecule has 0 bridgehead atoms. The number of aromatic nitrogens is 3. The standard InChI is InChI=1S/C13H15N3O2S/c1-10(9-19-2)18-13(17)11-3-5-12(6-4-11)16-8-7-14-15-16/h3-8,10H,9H2,1-2H3/t10-/m1/s1. The molecule has 100 valence electrons. The maximum atomic E-state index is 11.9. The van der Waals surface area contributed by atoms with Crippen LogP contribution in [0.3, 0.4) is 0 Å². The van der Waals surface area contributed by atoms with Crippen molar-refractivity contribution in [3.63, 3.8) is 0 Å². The van der Waals surface area contributed by atoms with Crippen LogP contribution in [0.25, 0.3) is 5.69 Å². The summed E-state index contributed by atoms with van der Waals surface area (Å²) in [7, 11) is 0. The van der Waals surface area contributed by atoms with E-state index in [1.54, 1.807) is 41.0 Å². The fourth-order valence-corrected chi connectivity index (χ4v) is 2.15. The van der Waals surface area contributed by atoms with Crippen LogP contribution in [-0.4, -0.2) is 39.1 Å². The Morgan fingerprint density at radius 3 is 2.74 bits per heavy atom. The van der Waals surface area contributed by atoms with Gasteiger partial charge in [0.05, 0.1) is 23.6 Å². The summed E-state index contributed by atoms with van der Waals surface area (Å²) in [6.45, 7) is 1.89. The van der Waals surface area contributed by atoms with Crippen LogP contribution in [0.1, 0.15) is 17.3 Å². The van der Waals surface area contributed by atoms with Crippen molar-refractivity contribution in [1.29, 1.82) is 0 Å². The van der Waals surface area contributed by atoms with E-state index in [1.165, 1.54) is 0 Å². The molecular weight excluding hydrogens is 262 g/mol. The highest BCUT2D eigenvalue weighted by molar-refractivity contribution is 7.98. The van der Waals surface area contributed by atoms with Crippen LogP contribution in [0.5, 0.6) is 0 Å². The highest BCUT2D eigenvalue weighted by Crippen LogP contribution is 2.11. The monoisotopic (exact) mass is 277 g/mol. The smallest absolute Gasteiger partial charge is 0.338 e. The predicted octanol–water partition coefficient (Wildman–Crippen LogP) is 2.18. The summed E-state index contributed by atoms with van der Waals surface area (Å²) in [6.07, 6.45) is 5.25. The lowest BCUT2D eigenvalue weighted by Gasteiger charge is -2.11. The van der Waals surface area contributed by atoms with Gasteiger partial charge in [-0.1, -0.05) is 5.21 Å². The maximum absolute atomic E-state index is 11.9. The Morgan fingerprint density at radius 2 is 2.16 bits per heavy atom. The second-order valence-electron chi connectivity index (χ2n) is 4.07. The van der Waals surface area contributed by atoms with Crippen molar-refractivity contribution in [2.75, 3.05) is 12.0 Å². The lowest BCUT2D eigenvalue weighted by molar-refractivity contribution is 0.0386. The first-order valence-corrected chi connectivity index (χ1v) is 7.27. The molecule has 0 spiro atoms. The van der Waals surface area contributed by atoms with Gasteiger partial charge in [-0.15, -0.1) is 5.10 Å². The molecule has 5 nitrogen and oxygen atoms in total. The third-order valence-electron chi connectivity index (χ3n) is 2.50. The van der Waals surface area contributed by atoms with Crippen molar-refractivity contribution >= 4 is 17.7 Å². The van der Waals surface area contributed by atoms with Crippen LogP contribution in [0.15, 0.2) is 36.7 Å². The van der Waals surface area contributed by atoms with Crippen LogP contribution >= 0.6 is 11.8 Å². The lowest BCUT2D eigenvalue weighted by atomic mass is 10.2. The van der Waals surface area contributed by atoms with Crippen LogP contribution in [0.2, 0.25) is 0 Å². The fourth-order valence-electron chi connectivity index (χ4n) is 1.62. The van der Waals surface area contributed by atoms with Crippen molar-refractivity contribution in [3.05, 3.63) is 42.2 Å². The summed E-state index contributed by atoms with van der Waals surface area (Å²) in [5.74, 6) is 0.495. The maximum Gasteiger partial charge on any atom is 0.338 e. The summed E-state index contributed by atoms with van der Waals surface area (Å²) in [4.78, 5) is 11.9. The quantitative estimate of drug-likeness (QED) is 0.784. The van der Waals surface area contributed by atoms with Gasteiger partial charge in [-0.3, -0.25) is 0 Å². The van der Waals surface area contributed by atoms with Crippen molar-refractivity contribution in [2.45, 2.75) is 13.0 Å². The van der Waals surface area contributed by atoms with Crippen molar-refractivity contribution in [2.24, 2.45) is 0 Å². The van der Waals surface area contributed by atoms with E-state index in [4.69, 9.17) is 4.74 Å². The number of ether oxygens (including phenoxy) is 1. The van der Waals surface area contributed by atoms with Crippen molar-refractivity contribution in [1.82, 2.24) is 15.0 Å². The number of carbonyl (C=O) groups excluding carboxylic acids is 1. The van der Waals surface area contributed by atoms with E-state index in [0.29, 0.717) is 5.56 Å². The molecule has 6 heteroatoms. The van der Waals surface area contributed by atoms with Crippen LogP contribution < -0.4 is 0 Å². The first-order chi connectivity index (χ1) is 9.20. The normalized spacial score (nSPS) is 12.1. The van der Waals surface area contributed by atoms with E-state index in [1.807, 2.05) is 25.3 Å². The second-order valence-corrected chi connectivity index (χ2v) is 4.98. The fraction of sp³-hybridized carbons (Fsp3) is 0.308. The van der Waals surface area contributed by atoms with Gasteiger partial charge in [0.15, 0.2) is 0 Å². The lowest BCUT2D eigenvalue weighted by Crippen LogP contribution is -2.17. The minimum atomic E-state index is -0.299. The van der Waals surface area contributed by atoms with Crippen LogP contribution in [0.4, 0.5) is 0 Å². The van der Waals surface area contributed by atoms with E-state index in [-0.39, 0.29) is 12.1 Å². The minimum Gasteiger partial charge on any atom is -0.458 e. The topological polar surface area (TPSA) is 57.0 Å². The molecule has 0 aliphatic carbocycles. The summed E-state index contributed by atoms with van der Waals surface area (Å²) in [6, 6.07) is 7.07. The van der Waals surface area contributed by atoms with Gasteiger partial charge < -0.3 is 4.74 Å². The number of nitrogens with zero attached hydrogens (tertiary/aromatic N) is 3. The molecule has 0 radical (unpaired) electrons. The summed E-state index contributed by atoms with van der Waals surface area (Å²) >= 11 is 1.65. The van der Waals surface area contributed by atoms with Gasteiger partial charge in [0.2, 0.25) is 0 Å². The Labute approximate surface area is 116 Å².